The first-order valence-electron chi connectivity index (χ1n) is 10.7. The molecule has 2 saturated heterocycles. The molecule has 0 amide bonds. The summed E-state index contributed by atoms with van der Waals surface area (Å²) in [6, 6.07) is 1.42. The summed E-state index contributed by atoms with van der Waals surface area (Å²) >= 11 is 0. The lowest BCUT2D eigenvalue weighted by Crippen LogP contribution is -2.47. The Balaban J connectivity index is 0.00000243. The third kappa shape index (κ3) is 6.51. The van der Waals surface area contributed by atoms with Gasteiger partial charge in [0, 0.05) is 38.8 Å². The second-order valence-corrected chi connectivity index (χ2v) is 8.30. The van der Waals surface area contributed by atoms with E-state index in [9.17, 15) is 0 Å². The monoisotopic (exact) mass is 477 g/mol. The van der Waals surface area contributed by atoms with Crippen molar-refractivity contribution in [3.63, 3.8) is 0 Å². The van der Waals surface area contributed by atoms with Crippen LogP contribution in [-0.4, -0.2) is 74.2 Å². The number of piperidine rings is 1. The van der Waals surface area contributed by atoms with E-state index in [1.165, 1.54) is 84.1 Å². The van der Waals surface area contributed by atoms with E-state index in [1.807, 2.05) is 7.05 Å². The molecule has 0 spiro atoms. The fourth-order valence-corrected chi connectivity index (χ4v) is 4.87. The van der Waals surface area contributed by atoms with Gasteiger partial charge in [0.15, 0.2) is 5.96 Å². The Bertz CT molecular complexity index is 416. The summed E-state index contributed by atoms with van der Waals surface area (Å²) in [5, 5.41) is 7.27. The van der Waals surface area contributed by atoms with Crippen molar-refractivity contribution in [2.45, 2.75) is 70.4 Å². The number of hydrogen-bond acceptors (Lipinski definition) is 3. The highest BCUT2D eigenvalue weighted by atomic mass is 127. The third-order valence-corrected chi connectivity index (χ3v) is 6.43. The van der Waals surface area contributed by atoms with Crippen molar-refractivity contribution in [1.29, 1.82) is 0 Å². The van der Waals surface area contributed by atoms with Crippen LogP contribution in [-0.2, 0) is 0 Å². The summed E-state index contributed by atoms with van der Waals surface area (Å²) in [5.74, 6) is 1.81. The second kappa shape index (κ2) is 11.7. The average Bonchev–Trinajstić information content (AvgIpc) is 3.31. The SMILES string of the molecule is CCCN1CCC(CNC(=NC)NC2CCN(C3CCCC3)C2)CC1.I. The zero-order valence-corrected chi connectivity index (χ0v) is 19.2. The van der Waals surface area contributed by atoms with Crippen LogP contribution in [0.4, 0.5) is 0 Å². The van der Waals surface area contributed by atoms with E-state index in [0.717, 1.165) is 24.5 Å². The standard InChI is InChI=1S/C20H39N5.HI/c1-3-11-24-12-8-17(9-13-24)15-22-20(21-2)23-18-10-14-25(16-18)19-6-4-5-7-19;/h17-19H,3-16H2,1-2H3,(H2,21,22,23);1H. The molecule has 2 heterocycles. The van der Waals surface area contributed by atoms with Crippen LogP contribution in [0.1, 0.15) is 58.3 Å². The van der Waals surface area contributed by atoms with Crippen LogP contribution >= 0.6 is 24.0 Å². The van der Waals surface area contributed by atoms with Crippen LogP contribution in [0.2, 0.25) is 0 Å². The molecule has 0 radical (unpaired) electrons. The average molecular weight is 477 g/mol. The molecule has 0 bridgehead atoms. The minimum Gasteiger partial charge on any atom is -0.356 e. The lowest BCUT2D eigenvalue weighted by Gasteiger charge is -2.32. The lowest BCUT2D eigenvalue weighted by atomic mass is 9.97. The van der Waals surface area contributed by atoms with E-state index in [2.05, 4.69) is 32.3 Å². The molecule has 2 N–H and O–H groups in total. The van der Waals surface area contributed by atoms with Crippen molar-refractivity contribution in [3.05, 3.63) is 0 Å². The van der Waals surface area contributed by atoms with Gasteiger partial charge in [0.25, 0.3) is 0 Å². The number of halogens is 1. The van der Waals surface area contributed by atoms with E-state index in [4.69, 9.17) is 0 Å². The summed E-state index contributed by atoms with van der Waals surface area (Å²) in [5.41, 5.74) is 0. The van der Waals surface area contributed by atoms with Gasteiger partial charge in [-0.15, -0.1) is 24.0 Å². The van der Waals surface area contributed by atoms with Crippen LogP contribution in [0.15, 0.2) is 4.99 Å². The summed E-state index contributed by atoms with van der Waals surface area (Å²) in [6.07, 6.45) is 10.9. The van der Waals surface area contributed by atoms with Gasteiger partial charge in [-0.3, -0.25) is 9.89 Å². The number of hydrogen-bond donors (Lipinski definition) is 2. The Hall–Kier alpha value is -0.0800. The van der Waals surface area contributed by atoms with Gasteiger partial charge in [-0.25, -0.2) is 0 Å². The summed E-state index contributed by atoms with van der Waals surface area (Å²) in [4.78, 5) is 9.79. The number of likely N-dealkylation sites (tertiary alicyclic amines) is 2. The van der Waals surface area contributed by atoms with Crippen molar-refractivity contribution < 1.29 is 0 Å². The molecule has 1 atom stereocenters. The molecule has 3 aliphatic rings. The van der Waals surface area contributed by atoms with Crippen LogP contribution in [0.3, 0.4) is 0 Å². The lowest BCUT2D eigenvalue weighted by molar-refractivity contribution is 0.185. The van der Waals surface area contributed by atoms with Gasteiger partial charge in [-0.1, -0.05) is 19.8 Å². The van der Waals surface area contributed by atoms with Gasteiger partial charge in [0.05, 0.1) is 0 Å². The summed E-state index contributed by atoms with van der Waals surface area (Å²) in [6.45, 7) is 9.60. The number of nitrogens with zero attached hydrogens (tertiary/aromatic N) is 3. The van der Waals surface area contributed by atoms with E-state index in [-0.39, 0.29) is 24.0 Å². The van der Waals surface area contributed by atoms with Crippen LogP contribution in [0.25, 0.3) is 0 Å². The normalized spacial score (nSPS) is 26.8. The third-order valence-electron chi connectivity index (χ3n) is 6.43. The zero-order valence-electron chi connectivity index (χ0n) is 16.9. The summed E-state index contributed by atoms with van der Waals surface area (Å²) in [7, 11) is 1.91. The quantitative estimate of drug-likeness (QED) is 0.351. The Morgan fingerprint density at radius 3 is 2.42 bits per heavy atom. The minimum absolute atomic E-state index is 0. The first-order valence-corrected chi connectivity index (χ1v) is 10.7. The molecule has 1 aliphatic carbocycles. The van der Waals surface area contributed by atoms with Gasteiger partial charge in [-0.2, -0.15) is 0 Å². The van der Waals surface area contributed by atoms with Crippen molar-refractivity contribution in [2.75, 3.05) is 46.3 Å². The minimum atomic E-state index is 0. The predicted octanol–water partition coefficient (Wildman–Crippen LogP) is 2.91. The second-order valence-electron chi connectivity index (χ2n) is 8.30. The Morgan fingerprint density at radius 2 is 1.77 bits per heavy atom. The zero-order chi connectivity index (χ0) is 17.5. The van der Waals surface area contributed by atoms with Crippen molar-refractivity contribution in [2.24, 2.45) is 10.9 Å². The van der Waals surface area contributed by atoms with E-state index < -0.39 is 0 Å². The van der Waals surface area contributed by atoms with Crippen molar-refractivity contribution in [3.8, 4) is 0 Å². The number of rotatable bonds is 6. The summed E-state index contributed by atoms with van der Waals surface area (Å²) < 4.78 is 0. The molecular weight excluding hydrogens is 437 g/mol. The molecule has 2 aliphatic heterocycles. The van der Waals surface area contributed by atoms with Crippen molar-refractivity contribution in [1.82, 2.24) is 20.4 Å². The molecule has 152 valence electrons. The molecule has 1 unspecified atom stereocenters. The van der Waals surface area contributed by atoms with Crippen molar-refractivity contribution >= 4 is 29.9 Å². The molecular formula is C20H40IN5. The maximum absolute atomic E-state index is 4.47. The van der Waals surface area contributed by atoms with Gasteiger partial charge in [0.2, 0.25) is 0 Å². The molecule has 0 aromatic heterocycles. The number of aliphatic imine (C=N–C) groups is 1. The molecule has 3 fully saturated rings. The van der Waals surface area contributed by atoms with Gasteiger partial charge >= 0.3 is 0 Å². The van der Waals surface area contributed by atoms with Gasteiger partial charge in [0.1, 0.15) is 0 Å². The van der Waals surface area contributed by atoms with E-state index in [1.54, 1.807) is 0 Å². The highest BCUT2D eigenvalue weighted by Gasteiger charge is 2.30. The van der Waals surface area contributed by atoms with E-state index >= 15 is 0 Å². The van der Waals surface area contributed by atoms with E-state index in [0.29, 0.717) is 6.04 Å². The smallest absolute Gasteiger partial charge is 0.191 e. The maximum atomic E-state index is 4.47. The highest BCUT2D eigenvalue weighted by molar-refractivity contribution is 14.0. The molecule has 5 nitrogen and oxygen atoms in total. The molecule has 3 rings (SSSR count). The molecule has 0 aromatic rings. The number of nitrogens with one attached hydrogen (secondary N) is 2. The fourth-order valence-electron chi connectivity index (χ4n) is 4.87. The van der Waals surface area contributed by atoms with Crippen LogP contribution < -0.4 is 10.6 Å². The number of guanidine groups is 1. The topological polar surface area (TPSA) is 42.9 Å². The first kappa shape index (κ1) is 22.2. The largest absolute Gasteiger partial charge is 0.356 e. The Labute approximate surface area is 177 Å². The van der Waals surface area contributed by atoms with Crippen LogP contribution in [0.5, 0.6) is 0 Å². The van der Waals surface area contributed by atoms with Crippen LogP contribution in [0, 0.1) is 5.92 Å². The Morgan fingerprint density at radius 1 is 1.04 bits per heavy atom. The fraction of sp³-hybridized carbons (Fsp3) is 0.950. The molecule has 1 saturated carbocycles. The Kier molecular flexibility index (Phi) is 9.99. The molecule has 6 heteroatoms. The van der Waals surface area contributed by atoms with Gasteiger partial charge in [-0.05, 0) is 64.1 Å². The van der Waals surface area contributed by atoms with Gasteiger partial charge < -0.3 is 15.5 Å². The maximum Gasteiger partial charge on any atom is 0.191 e. The highest BCUT2D eigenvalue weighted by Crippen LogP contribution is 2.26. The molecule has 26 heavy (non-hydrogen) atoms. The molecule has 0 aromatic carbocycles. The predicted molar refractivity (Wildman–Crippen MR) is 122 cm³/mol. The first-order chi connectivity index (χ1) is 12.3.